The summed E-state index contributed by atoms with van der Waals surface area (Å²) in [5, 5.41) is -0.187. The molecule has 0 aliphatic heterocycles. The monoisotopic (exact) mass is 256 g/mol. The lowest BCUT2D eigenvalue weighted by atomic mass is 10.3. The molecule has 1 aromatic rings. The number of nitrogen functional groups attached to an aromatic ring is 1. The summed E-state index contributed by atoms with van der Waals surface area (Å²) >= 11 is 8.40. The molecule has 0 atom stereocenters. The molecular formula is C6H4BrClF2N2. The van der Waals surface area contributed by atoms with E-state index in [1.54, 1.807) is 0 Å². The Kier molecular flexibility index (Phi) is 2.85. The minimum Gasteiger partial charge on any atom is -0.397 e. The molecule has 0 amide bonds. The number of halogens is 4. The number of hydrogen-bond donors (Lipinski definition) is 1. The van der Waals surface area contributed by atoms with Gasteiger partial charge in [-0.25, -0.2) is 13.8 Å². The van der Waals surface area contributed by atoms with E-state index < -0.39 is 12.1 Å². The molecule has 0 saturated carbocycles. The Labute approximate surface area is 80.9 Å². The van der Waals surface area contributed by atoms with Gasteiger partial charge in [-0.2, -0.15) is 0 Å². The van der Waals surface area contributed by atoms with Crippen LogP contribution in [0.1, 0.15) is 12.1 Å². The Morgan fingerprint density at radius 1 is 1.58 bits per heavy atom. The smallest absolute Gasteiger partial charge is 0.281 e. The van der Waals surface area contributed by atoms with Crippen molar-refractivity contribution in [3.05, 3.63) is 21.4 Å². The second-order valence-corrected chi connectivity index (χ2v) is 3.22. The number of anilines is 1. The highest BCUT2D eigenvalue weighted by molar-refractivity contribution is 9.10. The predicted octanol–water partition coefficient (Wildman–Crippen LogP) is 3.02. The van der Waals surface area contributed by atoms with Crippen LogP contribution in [0.5, 0.6) is 0 Å². The van der Waals surface area contributed by atoms with Gasteiger partial charge >= 0.3 is 0 Å². The van der Waals surface area contributed by atoms with Crippen LogP contribution in [0.2, 0.25) is 5.02 Å². The summed E-state index contributed by atoms with van der Waals surface area (Å²) < 4.78 is 24.6. The summed E-state index contributed by atoms with van der Waals surface area (Å²) in [5.41, 5.74) is 4.92. The number of aromatic nitrogens is 1. The molecule has 2 N–H and O–H groups in total. The van der Waals surface area contributed by atoms with Crippen molar-refractivity contribution in [2.75, 3.05) is 5.73 Å². The maximum atomic E-state index is 12.2. The molecule has 0 fully saturated rings. The van der Waals surface area contributed by atoms with E-state index >= 15 is 0 Å². The van der Waals surface area contributed by atoms with Crippen LogP contribution in [-0.2, 0) is 0 Å². The molecule has 12 heavy (non-hydrogen) atoms. The maximum absolute atomic E-state index is 12.2. The second-order valence-electron chi connectivity index (χ2n) is 2.03. The predicted molar refractivity (Wildman–Crippen MR) is 46.3 cm³/mol. The fourth-order valence-corrected chi connectivity index (χ4v) is 1.30. The van der Waals surface area contributed by atoms with E-state index in [0.29, 0.717) is 0 Å². The van der Waals surface area contributed by atoms with Crippen LogP contribution in [0.15, 0.2) is 10.7 Å². The topological polar surface area (TPSA) is 38.9 Å². The molecule has 0 aliphatic rings. The van der Waals surface area contributed by atoms with Crippen LogP contribution < -0.4 is 5.73 Å². The van der Waals surface area contributed by atoms with Crippen LogP contribution in [0, 0.1) is 0 Å². The zero-order chi connectivity index (χ0) is 9.30. The van der Waals surface area contributed by atoms with Crippen molar-refractivity contribution in [2.45, 2.75) is 6.43 Å². The third-order valence-electron chi connectivity index (χ3n) is 1.19. The molecule has 66 valence electrons. The molecule has 1 rings (SSSR count). The Bertz CT molecular complexity index is 306. The van der Waals surface area contributed by atoms with Crippen LogP contribution in [0.25, 0.3) is 0 Å². The number of nitrogens with two attached hydrogens (primary N) is 1. The quantitative estimate of drug-likeness (QED) is 0.786. The SMILES string of the molecule is Nc1cc(Br)nc(C(F)F)c1Cl. The first-order valence-electron chi connectivity index (χ1n) is 2.92. The summed E-state index contributed by atoms with van der Waals surface area (Å²) in [6.45, 7) is 0. The first-order chi connectivity index (χ1) is 5.52. The van der Waals surface area contributed by atoms with Gasteiger partial charge in [-0.3, -0.25) is 0 Å². The summed E-state index contributed by atoms with van der Waals surface area (Å²) in [5.74, 6) is 0. The van der Waals surface area contributed by atoms with Crippen molar-refractivity contribution in [1.82, 2.24) is 4.98 Å². The average Bonchev–Trinajstić information content (AvgIpc) is 1.96. The summed E-state index contributed by atoms with van der Waals surface area (Å²) in [6, 6.07) is 1.37. The van der Waals surface area contributed by atoms with E-state index in [2.05, 4.69) is 20.9 Å². The first-order valence-corrected chi connectivity index (χ1v) is 4.09. The van der Waals surface area contributed by atoms with Crippen LogP contribution in [0.3, 0.4) is 0 Å². The molecule has 0 bridgehead atoms. The zero-order valence-corrected chi connectivity index (χ0v) is 8.03. The Morgan fingerprint density at radius 3 is 2.67 bits per heavy atom. The highest BCUT2D eigenvalue weighted by Gasteiger charge is 2.16. The highest BCUT2D eigenvalue weighted by atomic mass is 79.9. The van der Waals surface area contributed by atoms with Gasteiger partial charge in [0, 0.05) is 0 Å². The molecule has 0 aliphatic carbocycles. The molecule has 0 aromatic carbocycles. The van der Waals surface area contributed by atoms with Gasteiger partial charge in [0.15, 0.2) is 0 Å². The molecule has 0 saturated heterocycles. The van der Waals surface area contributed by atoms with E-state index in [9.17, 15) is 8.78 Å². The van der Waals surface area contributed by atoms with E-state index in [1.165, 1.54) is 6.07 Å². The zero-order valence-electron chi connectivity index (χ0n) is 5.69. The number of alkyl halides is 2. The van der Waals surface area contributed by atoms with Gasteiger partial charge in [0.1, 0.15) is 10.3 Å². The lowest BCUT2D eigenvalue weighted by molar-refractivity contribution is 0.146. The van der Waals surface area contributed by atoms with E-state index in [4.69, 9.17) is 17.3 Å². The molecule has 0 spiro atoms. The molecule has 1 heterocycles. The third kappa shape index (κ3) is 1.84. The number of pyridine rings is 1. The van der Waals surface area contributed by atoms with Crippen molar-refractivity contribution in [1.29, 1.82) is 0 Å². The van der Waals surface area contributed by atoms with Crippen LogP contribution >= 0.6 is 27.5 Å². The first kappa shape index (κ1) is 9.67. The van der Waals surface area contributed by atoms with Gasteiger partial charge in [0.25, 0.3) is 6.43 Å². The number of rotatable bonds is 1. The van der Waals surface area contributed by atoms with Gasteiger partial charge in [-0.05, 0) is 22.0 Å². The molecular weight excluding hydrogens is 253 g/mol. The van der Waals surface area contributed by atoms with Gasteiger partial charge in [0.2, 0.25) is 0 Å². The van der Waals surface area contributed by atoms with Crippen molar-refractivity contribution in [3.8, 4) is 0 Å². The van der Waals surface area contributed by atoms with Gasteiger partial charge in [0.05, 0.1) is 10.7 Å². The van der Waals surface area contributed by atoms with E-state index in [1.807, 2.05) is 0 Å². The van der Waals surface area contributed by atoms with Gasteiger partial charge in [-0.1, -0.05) is 11.6 Å². The molecule has 0 unspecified atom stereocenters. The lowest BCUT2D eigenvalue weighted by Gasteiger charge is -2.04. The summed E-state index contributed by atoms with van der Waals surface area (Å²) in [6.07, 6.45) is -2.71. The summed E-state index contributed by atoms with van der Waals surface area (Å²) in [4.78, 5) is 3.49. The maximum Gasteiger partial charge on any atom is 0.281 e. The lowest BCUT2D eigenvalue weighted by Crippen LogP contribution is -1.97. The minimum absolute atomic E-state index is 0.0915. The highest BCUT2D eigenvalue weighted by Crippen LogP contribution is 2.31. The third-order valence-corrected chi connectivity index (χ3v) is 2.00. The average molecular weight is 257 g/mol. The molecule has 0 radical (unpaired) electrons. The molecule has 1 aromatic heterocycles. The largest absolute Gasteiger partial charge is 0.397 e. The van der Waals surface area contributed by atoms with Crippen molar-refractivity contribution < 1.29 is 8.78 Å². The molecule has 6 heteroatoms. The number of nitrogens with zero attached hydrogens (tertiary/aromatic N) is 1. The van der Waals surface area contributed by atoms with Crippen molar-refractivity contribution in [2.24, 2.45) is 0 Å². The van der Waals surface area contributed by atoms with Crippen LogP contribution in [0.4, 0.5) is 14.5 Å². The second kappa shape index (κ2) is 3.53. The van der Waals surface area contributed by atoms with E-state index in [-0.39, 0.29) is 15.3 Å². The fraction of sp³-hybridized carbons (Fsp3) is 0.167. The fourth-order valence-electron chi connectivity index (χ4n) is 0.681. The van der Waals surface area contributed by atoms with Crippen LogP contribution in [-0.4, -0.2) is 4.98 Å². The standard InChI is InChI=1S/C6H4BrClF2N2/c7-3-1-2(11)4(8)5(12-3)6(9)10/h1,6H,(H2,11,12). The van der Waals surface area contributed by atoms with Gasteiger partial charge in [-0.15, -0.1) is 0 Å². The normalized spacial score (nSPS) is 10.8. The van der Waals surface area contributed by atoms with Gasteiger partial charge < -0.3 is 5.73 Å². The van der Waals surface area contributed by atoms with E-state index in [0.717, 1.165) is 0 Å². The Morgan fingerprint density at radius 2 is 2.17 bits per heavy atom. The summed E-state index contributed by atoms with van der Waals surface area (Å²) in [7, 11) is 0. The minimum atomic E-state index is -2.71. The van der Waals surface area contributed by atoms with Crippen molar-refractivity contribution >= 4 is 33.2 Å². The van der Waals surface area contributed by atoms with Crippen molar-refractivity contribution in [3.63, 3.8) is 0 Å². The Balaban J connectivity index is 3.28. The Hall–Kier alpha value is -0.420. The number of hydrogen-bond acceptors (Lipinski definition) is 2. The molecule has 2 nitrogen and oxygen atoms in total.